The lowest BCUT2D eigenvalue weighted by Crippen LogP contribution is -2.38. The Balaban J connectivity index is 1.06. The Labute approximate surface area is 226 Å². The highest BCUT2D eigenvalue weighted by atomic mass is 16.3. The minimum atomic E-state index is -0.421. The molecule has 2 aromatic carbocycles. The third-order valence-corrected chi connectivity index (χ3v) is 8.18. The van der Waals surface area contributed by atoms with Crippen LogP contribution < -0.4 is 20.0 Å². The van der Waals surface area contributed by atoms with Crippen LogP contribution in [0, 0.1) is 0 Å². The van der Waals surface area contributed by atoms with Crippen molar-refractivity contribution in [3.63, 3.8) is 0 Å². The van der Waals surface area contributed by atoms with Crippen LogP contribution in [0.2, 0.25) is 0 Å². The molecule has 8 nitrogen and oxygen atoms in total. The summed E-state index contributed by atoms with van der Waals surface area (Å²) in [5.74, 6) is 3.05. The van der Waals surface area contributed by atoms with E-state index < -0.39 is 6.10 Å². The molecule has 3 aromatic rings. The zero-order valence-electron chi connectivity index (χ0n) is 22.4. The van der Waals surface area contributed by atoms with Gasteiger partial charge in [-0.3, -0.25) is 4.90 Å². The molecule has 0 amide bonds. The summed E-state index contributed by atoms with van der Waals surface area (Å²) < 4.78 is 0. The van der Waals surface area contributed by atoms with Crippen molar-refractivity contribution < 1.29 is 5.11 Å². The summed E-state index contributed by atoms with van der Waals surface area (Å²) in [6.45, 7) is 9.34. The van der Waals surface area contributed by atoms with Crippen LogP contribution in [-0.2, 0) is 0 Å². The molecule has 0 spiro atoms. The third-order valence-electron chi connectivity index (χ3n) is 8.18. The number of nitrogens with zero attached hydrogens (tertiary/aromatic N) is 6. The quantitative estimate of drug-likeness (QED) is 0.469. The summed E-state index contributed by atoms with van der Waals surface area (Å²) in [5.41, 5.74) is 1.05. The Morgan fingerprint density at radius 1 is 0.684 bits per heavy atom. The van der Waals surface area contributed by atoms with E-state index in [1.54, 1.807) is 0 Å². The van der Waals surface area contributed by atoms with Crippen molar-refractivity contribution in [3.8, 4) is 0 Å². The largest absolute Gasteiger partial charge is 0.390 e. The Morgan fingerprint density at radius 3 is 2.11 bits per heavy atom. The second-order valence-electron chi connectivity index (χ2n) is 11.0. The van der Waals surface area contributed by atoms with Gasteiger partial charge in [0, 0.05) is 70.7 Å². The molecular weight excluding hydrogens is 474 g/mol. The van der Waals surface area contributed by atoms with Gasteiger partial charge in [0.05, 0.1) is 6.10 Å². The molecule has 4 heterocycles. The predicted octanol–water partition coefficient (Wildman–Crippen LogP) is 3.82. The second-order valence-corrected chi connectivity index (χ2v) is 11.0. The van der Waals surface area contributed by atoms with E-state index in [0.717, 1.165) is 82.1 Å². The minimum absolute atomic E-state index is 0.421. The smallest absolute Gasteiger partial charge is 0.229 e. The maximum Gasteiger partial charge on any atom is 0.229 e. The second kappa shape index (κ2) is 11.7. The van der Waals surface area contributed by atoms with Crippen LogP contribution in [-0.4, -0.2) is 91.5 Å². The molecule has 0 aliphatic carbocycles. The molecule has 0 bridgehead atoms. The molecule has 1 aromatic heterocycles. The lowest BCUT2D eigenvalue weighted by molar-refractivity contribution is 0.126. The lowest BCUT2D eigenvalue weighted by atomic mass is 10.1. The van der Waals surface area contributed by atoms with Gasteiger partial charge in [-0.1, -0.05) is 30.3 Å². The monoisotopic (exact) mass is 515 g/mol. The van der Waals surface area contributed by atoms with Crippen molar-refractivity contribution in [2.45, 2.75) is 38.2 Å². The first-order valence-corrected chi connectivity index (χ1v) is 14.5. The van der Waals surface area contributed by atoms with Crippen molar-refractivity contribution in [2.75, 3.05) is 85.5 Å². The highest BCUT2D eigenvalue weighted by Crippen LogP contribution is 2.28. The Morgan fingerprint density at radius 2 is 1.34 bits per heavy atom. The molecule has 3 saturated heterocycles. The molecule has 8 heteroatoms. The molecule has 0 radical (unpaired) electrons. The zero-order valence-corrected chi connectivity index (χ0v) is 22.4. The van der Waals surface area contributed by atoms with Crippen molar-refractivity contribution in [1.82, 2.24) is 14.9 Å². The molecule has 2 N–H and O–H groups in total. The average molecular weight is 516 g/mol. The molecule has 3 fully saturated rings. The highest BCUT2D eigenvalue weighted by Gasteiger charge is 2.24. The molecule has 3 aliphatic heterocycles. The number of rotatable bonds is 8. The Hall–Kier alpha value is -3.10. The molecule has 1 unspecified atom stereocenters. The van der Waals surface area contributed by atoms with E-state index >= 15 is 0 Å². The fourth-order valence-corrected chi connectivity index (χ4v) is 6.02. The molecule has 202 valence electrons. The van der Waals surface area contributed by atoms with Crippen molar-refractivity contribution in [1.29, 1.82) is 0 Å². The number of anilines is 4. The number of hydrogen-bond acceptors (Lipinski definition) is 8. The Kier molecular flexibility index (Phi) is 7.79. The molecule has 1 atom stereocenters. The Bertz CT molecular complexity index is 1170. The maximum absolute atomic E-state index is 10.8. The van der Waals surface area contributed by atoms with Crippen LogP contribution >= 0.6 is 0 Å². The summed E-state index contributed by atoms with van der Waals surface area (Å²) in [6, 6.07) is 17.0. The first-order valence-electron chi connectivity index (χ1n) is 14.5. The standard InChI is InChI=1S/C30H41N7O/c38-27(22-31-26-11-10-24-8-1-2-9-25(24)20-26)23-34-12-7-17-36(19-18-34)29-21-28(35-13-3-4-14-35)32-30(33-29)37-15-5-6-16-37/h1-2,8-11,20-21,27,31,38H,3-7,12-19,22-23H2. The van der Waals surface area contributed by atoms with Crippen LogP contribution in [0.3, 0.4) is 0 Å². The van der Waals surface area contributed by atoms with E-state index in [1.807, 2.05) is 0 Å². The maximum atomic E-state index is 10.8. The van der Waals surface area contributed by atoms with Crippen molar-refractivity contribution in [3.05, 3.63) is 48.5 Å². The number of nitrogens with one attached hydrogen (secondary N) is 1. The summed E-state index contributed by atoms with van der Waals surface area (Å²) in [6.07, 6.45) is 5.58. The van der Waals surface area contributed by atoms with Crippen LogP contribution in [0.25, 0.3) is 10.8 Å². The van der Waals surface area contributed by atoms with E-state index in [1.165, 1.54) is 36.5 Å². The van der Waals surface area contributed by atoms with Crippen molar-refractivity contribution in [2.24, 2.45) is 0 Å². The number of benzene rings is 2. The predicted molar refractivity (Wildman–Crippen MR) is 157 cm³/mol. The van der Waals surface area contributed by atoms with E-state index in [-0.39, 0.29) is 0 Å². The van der Waals surface area contributed by atoms with Gasteiger partial charge in [-0.15, -0.1) is 0 Å². The van der Waals surface area contributed by atoms with Crippen molar-refractivity contribution >= 4 is 34.0 Å². The first kappa shape index (κ1) is 25.2. The third kappa shape index (κ3) is 5.97. The van der Waals surface area contributed by atoms with Gasteiger partial charge in [0.25, 0.3) is 0 Å². The number of aromatic nitrogens is 2. The fourth-order valence-electron chi connectivity index (χ4n) is 6.02. The van der Waals surface area contributed by atoms with Crippen LogP contribution in [0.5, 0.6) is 0 Å². The average Bonchev–Trinajstić information content (AvgIpc) is 3.64. The van der Waals surface area contributed by atoms with Gasteiger partial charge in [-0.2, -0.15) is 9.97 Å². The molecule has 3 aliphatic rings. The van der Waals surface area contributed by atoms with Crippen LogP contribution in [0.1, 0.15) is 32.1 Å². The summed E-state index contributed by atoms with van der Waals surface area (Å²) in [5, 5.41) is 16.7. The van der Waals surface area contributed by atoms with Gasteiger partial charge in [-0.05, 0) is 61.6 Å². The topological polar surface area (TPSA) is 71.0 Å². The lowest BCUT2D eigenvalue weighted by Gasteiger charge is -2.27. The van der Waals surface area contributed by atoms with Gasteiger partial charge < -0.3 is 25.1 Å². The molecule has 0 saturated carbocycles. The summed E-state index contributed by atoms with van der Waals surface area (Å²) in [4.78, 5) is 19.7. The van der Waals surface area contributed by atoms with Gasteiger partial charge in [0.2, 0.25) is 5.95 Å². The van der Waals surface area contributed by atoms with E-state index in [0.29, 0.717) is 13.1 Å². The highest BCUT2D eigenvalue weighted by molar-refractivity contribution is 5.85. The van der Waals surface area contributed by atoms with Crippen LogP contribution in [0.15, 0.2) is 48.5 Å². The van der Waals surface area contributed by atoms with E-state index in [4.69, 9.17) is 9.97 Å². The summed E-state index contributed by atoms with van der Waals surface area (Å²) in [7, 11) is 0. The number of aliphatic hydroxyl groups excluding tert-OH is 1. The van der Waals surface area contributed by atoms with Gasteiger partial charge >= 0.3 is 0 Å². The SMILES string of the molecule is OC(CNc1ccc2ccccc2c1)CN1CCCN(c2cc(N3CCCC3)nc(N3CCCC3)n2)CC1. The number of β-amino-alcohol motifs (C(OH)–C–C–N with tert-alkyl or cyclic N) is 1. The van der Waals surface area contributed by atoms with Gasteiger partial charge in [0.1, 0.15) is 11.6 Å². The van der Waals surface area contributed by atoms with Gasteiger partial charge in [-0.25, -0.2) is 0 Å². The molecule has 38 heavy (non-hydrogen) atoms. The minimum Gasteiger partial charge on any atom is -0.390 e. The number of hydrogen-bond donors (Lipinski definition) is 2. The zero-order chi connectivity index (χ0) is 25.7. The summed E-state index contributed by atoms with van der Waals surface area (Å²) >= 11 is 0. The normalized spacial score (nSPS) is 19.8. The van der Waals surface area contributed by atoms with E-state index in [9.17, 15) is 5.11 Å². The first-order chi connectivity index (χ1) is 18.7. The van der Waals surface area contributed by atoms with Crippen LogP contribution in [0.4, 0.5) is 23.3 Å². The van der Waals surface area contributed by atoms with Gasteiger partial charge in [0.15, 0.2) is 0 Å². The molecular formula is C30H41N7O. The number of aliphatic hydroxyl groups is 1. The molecule has 6 rings (SSSR count). The fraction of sp³-hybridized carbons (Fsp3) is 0.533. The number of fused-ring (bicyclic) bond motifs is 1. The van der Waals surface area contributed by atoms with E-state index in [2.05, 4.69) is 73.4 Å².